The van der Waals surface area contributed by atoms with Crippen molar-refractivity contribution in [1.29, 1.82) is 0 Å². The molecule has 10 heteroatoms. The van der Waals surface area contributed by atoms with Gasteiger partial charge in [-0.1, -0.05) is 24.3 Å². The SMILES string of the molecule is COC(CN(C)C)Cn1cc(C2=C(c3c[nH]c4ccccc34)C(=O)NC2=O)c2ccc(C(F)(F)F)cc21. The molecule has 0 radical (unpaired) electrons. The molecule has 2 amide bonds. The summed E-state index contributed by atoms with van der Waals surface area (Å²) in [5.74, 6) is -1.15. The number of benzene rings is 2. The maximum atomic E-state index is 13.6. The number of aromatic amines is 1. The molecule has 3 heterocycles. The van der Waals surface area contributed by atoms with Crippen LogP contribution in [0.2, 0.25) is 0 Å². The molecule has 0 bridgehead atoms. The molecule has 0 saturated carbocycles. The Labute approximate surface area is 210 Å². The number of para-hydroxylation sites is 1. The van der Waals surface area contributed by atoms with Crippen molar-refractivity contribution in [3.8, 4) is 0 Å². The van der Waals surface area contributed by atoms with Crippen LogP contribution in [0.4, 0.5) is 13.2 Å². The maximum absolute atomic E-state index is 13.6. The molecule has 192 valence electrons. The zero-order chi connectivity index (χ0) is 26.5. The number of carbonyl (C=O) groups is 2. The summed E-state index contributed by atoms with van der Waals surface area (Å²) >= 11 is 0. The minimum atomic E-state index is -4.54. The number of amides is 2. The van der Waals surface area contributed by atoms with Crippen molar-refractivity contribution in [3.05, 3.63) is 71.5 Å². The number of imide groups is 1. The van der Waals surface area contributed by atoms with Gasteiger partial charge in [0.15, 0.2) is 0 Å². The number of ether oxygens (including phenoxy) is 1. The third-order valence-electron chi connectivity index (χ3n) is 6.57. The van der Waals surface area contributed by atoms with Crippen molar-refractivity contribution in [2.24, 2.45) is 0 Å². The number of carbonyl (C=O) groups excluding carboxylic acids is 2. The number of halogens is 3. The molecular weight excluding hydrogens is 485 g/mol. The zero-order valence-electron chi connectivity index (χ0n) is 20.4. The number of H-pyrrole nitrogens is 1. The van der Waals surface area contributed by atoms with Crippen molar-refractivity contribution in [3.63, 3.8) is 0 Å². The molecule has 2 N–H and O–H groups in total. The Hall–Kier alpha value is -3.89. The number of likely N-dealkylation sites (N-methyl/N-ethyl adjacent to an activating group) is 1. The molecule has 7 nitrogen and oxygen atoms in total. The van der Waals surface area contributed by atoms with E-state index < -0.39 is 23.6 Å². The van der Waals surface area contributed by atoms with Crippen LogP contribution in [-0.4, -0.2) is 60.1 Å². The summed E-state index contributed by atoms with van der Waals surface area (Å²) in [5, 5.41) is 3.56. The number of nitrogens with zero attached hydrogens (tertiary/aromatic N) is 2. The number of hydrogen-bond acceptors (Lipinski definition) is 4. The molecule has 1 aliphatic rings. The number of rotatable bonds is 7. The highest BCUT2D eigenvalue weighted by Crippen LogP contribution is 2.40. The first-order valence-corrected chi connectivity index (χ1v) is 11.6. The Kier molecular flexibility index (Phi) is 6.17. The Morgan fingerprint density at radius 1 is 1.00 bits per heavy atom. The van der Waals surface area contributed by atoms with E-state index >= 15 is 0 Å². The van der Waals surface area contributed by atoms with Crippen LogP contribution in [0, 0.1) is 0 Å². The number of aromatic nitrogens is 2. The monoisotopic (exact) mass is 510 g/mol. The van der Waals surface area contributed by atoms with Crippen LogP contribution in [0.5, 0.6) is 0 Å². The van der Waals surface area contributed by atoms with Crippen LogP contribution in [0.15, 0.2) is 54.9 Å². The predicted molar refractivity (Wildman–Crippen MR) is 135 cm³/mol. The molecule has 2 aromatic heterocycles. The lowest BCUT2D eigenvalue weighted by Crippen LogP contribution is -2.31. The minimum absolute atomic E-state index is 0.125. The van der Waals surface area contributed by atoms with E-state index in [9.17, 15) is 22.8 Å². The van der Waals surface area contributed by atoms with Crippen LogP contribution < -0.4 is 5.32 Å². The molecule has 37 heavy (non-hydrogen) atoms. The molecule has 1 atom stereocenters. The Balaban J connectivity index is 1.75. The van der Waals surface area contributed by atoms with Crippen LogP contribution >= 0.6 is 0 Å². The number of nitrogens with one attached hydrogen (secondary N) is 2. The fourth-order valence-electron chi connectivity index (χ4n) is 4.90. The van der Waals surface area contributed by atoms with Crippen LogP contribution in [0.3, 0.4) is 0 Å². The fraction of sp³-hybridized carbons (Fsp3) is 0.259. The van der Waals surface area contributed by atoms with Gasteiger partial charge in [0.25, 0.3) is 11.8 Å². The van der Waals surface area contributed by atoms with Crippen molar-refractivity contribution in [2.75, 3.05) is 27.7 Å². The summed E-state index contributed by atoms with van der Waals surface area (Å²) in [4.78, 5) is 31.1. The van der Waals surface area contributed by atoms with Crippen LogP contribution in [0.1, 0.15) is 16.7 Å². The lowest BCUT2D eigenvalue weighted by molar-refractivity contribution is -0.137. The Bertz CT molecular complexity index is 1560. The van der Waals surface area contributed by atoms with E-state index in [0.717, 1.165) is 23.0 Å². The first-order valence-electron chi connectivity index (χ1n) is 11.6. The van der Waals surface area contributed by atoms with E-state index in [4.69, 9.17) is 4.74 Å². The van der Waals surface area contributed by atoms with E-state index in [0.29, 0.717) is 28.6 Å². The first kappa shape index (κ1) is 24.8. The summed E-state index contributed by atoms with van der Waals surface area (Å²) < 4.78 is 48.0. The van der Waals surface area contributed by atoms with Crippen LogP contribution in [-0.2, 0) is 27.0 Å². The van der Waals surface area contributed by atoms with Crippen molar-refractivity contribution in [1.82, 2.24) is 19.8 Å². The number of fused-ring (bicyclic) bond motifs is 2. The standard InChI is InChI=1S/C27H25F3N4O3/c1-33(2)12-16(37-3)13-34-14-20(18-9-8-15(10-22(18)34)27(28,29)30)24-23(25(35)32-26(24)36)19-11-31-21-7-5-4-6-17(19)21/h4-11,14,16,31H,12-13H2,1-3H3,(H,32,35,36). The molecule has 4 aromatic rings. The topological polar surface area (TPSA) is 79.4 Å². The van der Waals surface area contributed by atoms with Gasteiger partial charge in [0.05, 0.1) is 29.4 Å². The van der Waals surface area contributed by atoms with Gasteiger partial charge < -0.3 is 19.2 Å². The summed E-state index contributed by atoms with van der Waals surface area (Å²) in [7, 11) is 5.29. The average Bonchev–Trinajstić information content (AvgIpc) is 3.50. The maximum Gasteiger partial charge on any atom is 0.416 e. The molecule has 5 rings (SSSR count). The van der Waals surface area contributed by atoms with Crippen molar-refractivity contribution >= 4 is 44.8 Å². The van der Waals surface area contributed by atoms with E-state index in [-0.39, 0.29) is 23.8 Å². The van der Waals surface area contributed by atoms with Gasteiger partial charge >= 0.3 is 6.18 Å². The van der Waals surface area contributed by atoms with E-state index in [2.05, 4.69) is 10.3 Å². The molecule has 2 aromatic carbocycles. The highest BCUT2D eigenvalue weighted by atomic mass is 19.4. The Morgan fingerprint density at radius 2 is 1.70 bits per heavy atom. The largest absolute Gasteiger partial charge is 0.416 e. The third-order valence-corrected chi connectivity index (χ3v) is 6.57. The Morgan fingerprint density at radius 3 is 2.38 bits per heavy atom. The lowest BCUT2D eigenvalue weighted by Gasteiger charge is -2.21. The van der Waals surface area contributed by atoms with Crippen LogP contribution in [0.25, 0.3) is 33.0 Å². The van der Waals surface area contributed by atoms with Gasteiger partial charge in [-0.25, -0.2) is 0 Å². The van der Waals surface area contributed by atoms with Gasteiger partial charge in [0.2, 0.25) is 0 Å². The number of hydrogen-bond donors (Lipinski definition) is 2. The van der Waals surface area contributed by atoms with E-state index in [1.807, 2.05) is 43.3 Å². The average molecular weight is 511 g/mol. The molecule has 0 fully saturated rings. The van der Waals surface area contributed by atoms with Crippen molar-refractivity contribution < 1.29 is 27.5 Å². The van der Waals surface area contributed by atoms with Gasteiger partial charge in [0, 0.05) is 59.0 Å². The smallest absolute Gasteiger partial charge is 0.378 e. The molecular formula is C27H25F3N4O3. The highest BCUT2D eigenvalue weighted by Gasteiger charge is 2.36. The first-order chi connectivity index (χ1) is 17.6. The van der Waals surface area contributed by atoms with Gasteiger partial charge in [-0.3, -0.25) is 14.9 Å². The summed E-state index contributed by atoms with van der Waals surface area (Å²) in [6.45, 7) is 0.782. The summed E-state index contributed by atoms with van der Waals surface area (Å²) in [6, 6.07) is 10.8. The quantitative estimate of drug-likeness (QED) is 0.364. The predicted octanol–water partition coefficient (Wildman–Crippen LogP) is 4.29. The van der Waals surface area contributed by atoms with Gasteiger partial charge in [-0.2, -0.15) is 13.2 Å². The molecule has 1 aliphatic heterocycles. The molecule has 0 spiro atoms. The van der Waals surface area contributed by atoms with E-state index in [1.165, 1.54) is 6.07 Å². The highest BCUT2D eigenvalue weighted by molar-refractivity contribution is 6.50. The minimum Gasteiger partial charge on any atom is -0.378 e. The van der Waals surface area contributed by atoms with E-state index in [1.54, 1.807) is 24.1 Å². The summed E-state index contributed by atoms with van der Waals surface area (Å²) in [6.07, 6.45) is -1.57. The molecule has 0 aliphatic carbocycles. The molecule has 1 unspecified atom stereocenters. The number of alkyl halides is 3. The van der Waals surface area contributed by atoms with Crippen molar-refractivity contribution in [2.45, 2.75) is 18.8 Å². The third kappa shape index (κ3) is 4.42. The normalized spacial score (nSPS) is 15.4. The number of methoxy groups -OCH3 is 1. The second kappa shape index (κ2) is 9.20. The van der Waals surface area contributed by atoms with Gasteiger partial charge in [-0.15, -0.1) is 0 Å². The second-order valence-corrected chi connectivity index (χ2v) is 9.33. The summed E-state index contributed by atoms with van der Waals surface area (Å²) in [5.41, 5.74) is 1.52. The molecule has 0 saturated heterocycles. The fourth-order valence-corrected chi connectivity index (χ4v) is 4.90. The lowest BCUT2D eigenvalue weighted by atomic mass is 9.95. The zero-order valence-corrected chi connectivity index (χ0v) is 20.4. The van der Waals surface area contributed by atoms with Gasteiger partial charge in [-0.05, 0) is 32.3 Å². The second-order valence-electron chi connectivity index (χ2n) is 9.33. The van der Waals surface area contributed by atoms with Gasteiger partial charge in [0.1, 0.15) is 0 Å².